The van der Waals surface area contributed by atoms with Crippen LogP contribution in [-0.2, 0) is 65.4 Å². The van der Waals surface area contributed by atoms with Gasteiger partial charge in [-0.1, -0.05) is 0 Å². The van der Waals surface area contributed by atoms with Gasteiger partial charge in [-0.25, -0.2) is 6.42 Å². The van der Waals surface area contributed by atoms with Gasteiger partial charge in [0.15, 0.2) is 0 Å². The van der Waals surface area contributed by atoms with Gasteiger partial charge in [0.1, 0.15) is 0 Å². The van der Waals surface area contributed by atoms with Gasteiger partial charge in [-0.15, -0.1) is 41.5 Å². The third-order valence-corrected chi connectivity index (χ3v) is 2.58. The van der Waals surface area contributed by atoms with E-state index < -0.39 is 0 Å². The molecule has 2 heteroatoms. The van der Waals surface area contributed by atoms with E-state index in [2.05, 4.69) is 38.2 Å². The van der Waals surface area contributed by atoms with Crippen LogP contribution >= 0.6 is 0 Å². The number of rotatable bonds is 4. The van der Waals surface area contributed by atoms with Crippen LogP contribution in [0.25, 0.3) is 0 Å². The van der Waals surface area contributed by atoms with Gasteiger partial charge in [-0.2, -0.15) is 0 Å². The SMILES string of the molecule is C[C-]=C(C)C(C)=[C-]C[C-]=C(C)C(C)=[C-]C.[Y].[Y]. The standard InChI is InChI=1S/C15H20.2Y/c1-7-12(3)14(5)10-9-11-15(6)13(4)8-2;;/h9H2,1-6H3;;/q-4;;. The molecule has 2 radical (unpaired) electrons. The molecule has 0 heterocycles. The Morgan fingerprint density at radius 3 is 1.18 bits per heavy atom. The van der Waals surface area contributed by atoms with Crippen LogP contribution in [0.3, 0.4) is 0 Å². The van der Waals surface area contributed by atoms with Crippen LogP contribution in [-0.4, -0.2) is 0 Å². The van der Waals surface area contributed by atoms with Crippen molar-refractivity contribution in [2.45, 2.75) is 48.0 Å². The molecule has 0 aliphatic rings. The maximum absolute atomic E-state index is 3.29. The largest absolute Gasteiger partial charge is 0.389 e. The number of hydrogen-bond acceptors (Lipinski definition) is 0. The second-order valence-corrected chi connectivity index (χ2v) is 3.53. The average molecular weight is 378 g/mol. The molecule has 0 nitrogen and oxygen atoms in total. The van der Waals surface area contributed by atoms with Crippen LogP contribution in [0.5, 0.6) is 0 Å². The van der Waals surface area contributed by atoms with E-state index in [1.54, 1.807) is 0 Å². The molecule has 0 rings (SSSR count). The minimum absolute atomic E-state index is 0. The molecule has 0 saturated carbocycles. The van der Waals surface area contributed by atoms with Crippen LogP contribution in [0.4, 0.5) is 0 Å². The van der Waals surface area contributed by atoms with Crippen LogP contribution in [0.1, 0.15) is 48.0 Å². The molecule has 0 spiro atoms. The van der Waals surface area contributed by atoms with Crippen molar-refractivity contribution in [3.63, 3.8) is 0 Å². The van der Waals surface area contributed by atoms with Gasteiger partial charge >= 0.3 is 0 Å². The first kappa shape index (κ1) is 23.3. The Hall–Kier alpha value is 1.17. The maximum atomic E-state index is 3.29. The van der Waals surface area contributed by atoms with Gasteiger partial charge in [-0.3, -0.25) is 0 Å². The maximum Gasteiger partial charge on any atom is 0 e. The fourth-order valence-corrected chi connectivity index (χ4v) is 0.950. The summed E-state index contributed by atoms with van der Waals surface area (Å²) in [5, 5.41) is 0. The number of hydrogen-bond donors (Lipinski definition) is 0. The first-order valence-electron chi connectivity index (χ1n) is 5.21. The summed E-state index contributed by atoms with van der Waals surface area (Å²) in [5.74, 6) is 0. The van der Waals surface area contributed by atoms with E-state index in [0.29, 0.717) is 0 Å². The molecule has 90 valence electrons. The smallest absolute Gasteiger partial charge is 0 e. The van der Waals surface area contributed by atoms with Crippen LogP contribution in [0.2, 0.25) is 0 Å². The van der Waals surface area contributed by atoms with E-state index in [-0.39, 0.29) is 65.4 Å². The second kappa shape index (κ2) is 13.6. The van der Waals surface area contributed by atoms with Gasteiger partial charge < -0.3 is 46.6 Å². The van der Waals surface area contributed by atoms with Crippen molar-refractivity contribution in [2.24, 2.45) is 0 Å². The van der Waals surface area contributed by atoms with Crippen molar-refractivity contribution in [2.75, 3.05) is 0 Å². The first-order chi connectivity index (χ1) is 7.02. The van der Waals surface area contributed by atoms with E-state index >= 15 is 0 Å². The summed E-state index contributed by atoms with van der Waals surface area (Å²) >= 11 is 0. The van der Waals surface area contributed by atoms with E-state index in [9.17, 15) is 0 Å². The minimum atomic E-state index is 0. The molecular weight excluding hydrogens is 358 g/mol. The average Bonchev–Trinajstić information content (AvgIpc) is 2.26. The van der Waals surface area contributed by atoms with Crippen molar-refractivity contribution >= 4 is 0 Å². The summed E-state index contributed by atoms with van der Waals surface area (Å²) in [6, 6.07) is 0. The summed E-state index contributed by atoms with van der Waals surface area (Å²) in [4.78, 5) is 0. The molecule has 0 saturated heterocycles. The molecule has 0 aromatic rings. The second-order valence-electron chi connectivity index (χ2n) is 3.53. The molecule has 17 heavy (non-hydrogen) atoms. The zero-order valence-electron chi connectivity index (χ0n) is 11.9. The Labute approximate surface area is 158 Å². The quantitative estimate of drug-likeness (QED) is 0.502. The molecular formula is C15H20Y2-4. The number of allylic oxidation sites excluding steroid dienone is 8. The Balaban J connectivity index is -0.000000980. The van der Waals surface area contributed by atoms with Crippen molar-refractivity contribution in [3.8, 4) is 0 Å². The van der Waals surface area contributed by atoms with Crippen molar-refractivity contribution in [1.82, 2.24) is 0 Å². The summed E-state index contributed by atoms with van der Waals surface area (Å²) in [6.07, 6.45) is 13.5. The monoisotopic (exact) mass is 378 g/mol. The van der Waals surface area contributed by atoms with Gasteiger partial charge in [0, 0.05) is 65.4 Å². The summed E-state index contributed by atoms with van der Waals surface area (Å²) in [6.45, 7) is 12.0. The minimum Gasteiger partial charge on any atom is -0.389 e. The van der Waals surface area contributed by atoms with Gasteiger partial charge in [-0.05, 0) is 0 Å². The predicted octanol–water partition coefficient (Wildman–Crippen LogP) is 4.41. The molecule has 0 unspecified atom stereocenters. The molecule has 0 bridgehead atoms. The van der Waals surface area contributed by atoms with Crippen LogP contribution in [0, 0.1) is 24.3 Å². The third-order valence-electron chi connectivity index (χ3n) is 2.58. The topological polar surface area (TPSA) is 0 Å². The first-order valence-corrected chi connectivity index (χ1v) is 5.21. The fraction of sp³-hybridized carbons (Fsp3) is 0.467. The summed E-state index contributed by atoms with van der Waals surface area (Å²) < 4.78 is 0. The van der Waals surface area contributed by atoms with Crippen LogP contribution in [0.15, 0.2) is 22.3 Å². The normalized spacial score (nSPS) is 14.0. The molecule has 0 fully saturated rings. The fourth-order valence-electron chi connectivity index (χ4n) is 0.950. The summed E-state index contributed by atoms with van der Waals surface area (Å²) in [5.41, 5.74) is 4.62. The molecule has 0 amide bonds. The van der Waals surface area contributed by atoms with E-state index in [0.717, 1.165) is 28.7 Å². The molecule has 0 atom stereocenters. The van der Waals surface area contributed by atoms with Crippen molar-refractivity contribution in [3.05, 3.63) is 46.6 Å². The Morgan fingerprint density at radius 2 is 0.941 bits per heavy atom. The van der Waals surface area contributed by atoms with Gasteiger partial charge in [0.05, 0.1) is 0 Å². The van der Waals surface area contributed by atoms with E-state index in [4.69, 9.17) is 0 Å². The molecule has 0 aliphatic carbocycles. The van der Waals surface area contributed by atoms with Crippen LogP contribution < -0.4 is 0 Å². The van der Waals surface area contributed by atoms with E-state index in [1.165, 1.54) is 0 Å². The molecule has 0 N–H and O–H groups in total. The Kier molecular flexibility index (Phi) is 18.6. The molecule has 0 aliphatic heterocycles. The zero-order chi connectivity index (χ0) is 11.8. The van der Waals surface area contributed by atoms with E-state index in [1.807, 2.05) is 27.7 Å². The van der Waals surface area contributed by atoms with Crippen molar-refractivity contribution < 1.29 is 65.4 Å². The summed E-state index contributed by atoms with van der Waals surface area (Å²) in [7, 11) is 0. The molecule has 0 aromatic carbocycles. The Morgan fingerprint density at radius 1 is 0.647 bits per heavy atom. The Bertz CT molecular complexity index is 286. The molecule has 0 aromatic heterocycles. The van der Waals surface area contributed by atoms with Gasteiger partial charge in [0.2, 0.25) is 0 Å². The third kappa shape index (κ3) is 10.8. The zero-order valence-corrected chi connectivity index (χ0v) is 17.5. The predicted molar refractivity (Wildman–Crippen MR) is 65.7 cm³/mol. The van der Waals surface area contributed by atoms with Crippen molar-refractivity contribution in [1.29, 1.82) is 0 Å². The van der Waals surface area contributed by atoms with Gasteiger partial charge in [0.25, 0.3) is 0 Å².